The van der Waals surface area contributed by atoms with Crippen LogP contribution in [0.1, 0.15) is 18.2 Å². The van der Waals surface area contributed by atoms with E-state index in [1.165, 1.54) is 13.0 Å². The summed E-state index contributed by atoms with van der Waals surface area (Å²) in [7, 11) is 0. The maximum Gasteiger partial charge on any atom is 0.269 e. The molecule has 0 aliphatic carbocycles. The Morgan fingerprint density at radius 2 is 2.10 bits per heavy atom. The molecule has 21 heavy (non-hydrogen) atoms. The lowest BCUT2D eigenvalue weighted by Crippen LogP contribution is -2.31. The summed E-state index contributed by atoms with van der Waals surface area (Å²) < 4.78 is 0. The van der Waals surface area contributed by atoms with Gasteiger partial charge in [-0.1, -0.05) is 17.7 Å². The van der Waals surface area contributed by atoms with E-state index < -0.39 is 11.8 Å². The number of carbonyl (C=O) groups excluding carboxylic acids is 2. The van der Waals surface area contributed by atoms with Gasteiger partial charge in [0.1, 0.15) is 0 Å². The van der Waals surface area contributed by atoms with Gasteiger partial charge in [-0.2, -0.15) is 0 Å². The highest BCUT2D eigenvalue weighted by Gasteiger charge is 2.37. The number of nitrogens with one attached hydrogen (secondary N) is 1. The Bertz CT molecular complexity index is 778. The Morgan fingerprint density at radius 3 is 2.71 bits per heavy atom. The number of amides is 2. The molecule has 1 aromatic carbocycles. The molecule has 0 unspecified atom stereocenters. The average Bonchev–Trinajstić information content (AvgIpc) is 3.02. The van der Waals surface area contributed by atoms with Crippen molar-refractivity contribution in [3.8, 4) is 0 Å². The summed E-state index contributed by atoms with van der Waals surface area (Å²) >= 11 is 5.93. The second-order valence-electron chi connectivity index (χ2n) is 4.63. The van der Waals surface area contributed by atoms with Gasteiger partial charge in [-0.15, -0.1) is 0 Å². The summed E-state index contributed by atoms with van der Waals surface area (Å²) in [6.45, 7) is 1.29. The number of fused-ring (bicyclic) bond motifs is 1. The van der Waals surface area contributed by atoms with Gasteiger partial charge in [-0.3, -0.25) is 9.59 Å². The Hall–Kier alpha value is -2.53. The van der Waals surface area contributed by atoms with Gasteiger partial charge in [0.05, 0.1) is 17.0 Å². The zero-order valence-electron chi connectivity index (χ0n) is 11.1. The van der Waals surface area contributed by atoms with Gasteiger partial charge in [0.15, 0.2) is 5.76 Å². The number of benzene rings is 1. The quantitative estimate of drug-likeness (QED) is 0.628. The molecule has 2 heterocycles. The number of nitrogens with zero attached hydrogens (tertiary/aromatic N) is 1. The Labute approximate surface area is 125 Å². The average molecular weight is 303 g/mol. The number of aliphatic hydroxyl groups is 1. The predicted molar refractivity (Wildman–Crippen MR) is 79.9 cm³/mol. The summed E-state index contributed by atoms with van der Waals surface area (Å²) in [5.41, 5.74) is 1.35. The van der Waals surface area contributed by atoms with Crippen molar-refractivity contribution in [3.05, 3.63) is 52.8 Å². The molecule has 1 aliphatic heterocycles. The topological polar surface area (TPSA) is 73.4 Å². The van der Waals surface area contributed by atoms with Gasteiger partial charge in [0, 0.05) is 23.7 Å². The Morgan fingerprint density at radius 1 is 1.33 bits per heavy atom. The van der Waals surface area contributed by atoms with Crippen molar-refractivity contribution < 1.29 is 14.7 Å². The first-order valence-electron chi connectivity index (χ1n) is 6.22. The van der Waals surface area contributed by atoms with E-state index in [-0.39, 0.29) is 11.3 Å². The lowest BCUT2D eigenvalue weighted by Gasteiger charge is -2.12. The normalized spacial score (nSPS) is 16.1. The summed E-state index contributed by atoms with van der Waals surface area (Å²) in [5.74, 6) is -1.19. The van der Waals surface area contributed by atoms with Gasteiger partial charge in [0.2, 0.25) is 5.91 Å². The monoisotopic (exact) mass is 302 g/mol. The number of carbonyl (C=O) groups is 2. The second-order valence-corrected chi connectivity index (χ2v) is 5.06. The molecule has 1 aliphatic rings. The fourth-order valence-corrected chi connectivity index (χ4v) is 2.56. The molecular formula is C15H11ClN2O3. The van der Waals surface area contributed by atoms with Crippen LogP contribution in [-0.2, 0) is 9.59 Å². The molecule has 0 radical (unpaired) electrons. The van der Waals surface area contributed by atoms with E-state index in [0.717, 1.165) is 4.90 Å². The van der Waals surface area contributed by atoms with E-state index in [1.807, 2.05) is 0 Å². The third-order valence-electron chi connectivity index (χ3n) is 3.29. The molecule has 106 valence electrons. The van der Waals surface area contributed by atoms with Gasteiger partial charge in [-0.25, -0.2) is 4.90 Å². The number of halogens is 1. The summed E-state index contributed by atoms with van der Waals surface area (Å²) in [4.78, 5) is 28.1. The van der Waals surface area contributed by atoms with Crippen molar-refractivity contribution >= 4 is 40.4 Å². The molecule has 0 saturated carbocycles. The first kappa shape index (κ1) is 13.5. The zero-order chi connectivity index (χ0) is 15.1. The Kier molecular flexibility index (Phi) is 3.07. The van der Waals surface area contributed by atoms with E-state index in [9.17, 15) is 14.7 Å². The van der Waals surface area contributed by atoms with Crippen molar-refractivity contribution in [2.45, 2.75) is 6.92 Å². The minimum atomic E-state index is -0.563. The van der Waals surface area contributed by atoms with Crippen LogP contribution in [-0.4, -0.2) is 21.9 Å². The maximum atomic E-state index is 12.5. The van der Waals surface area contributed by atoms with Crippen molar-refractivity contribution in [2.75, 3.05) is 4.90 Å². The fraction of sp³-hybridized carbons (Fsp3) is 0.0667. The maximum absolute atomic E-state index is 12.5. The number of imide groups is 1. The number of H-pyrrole nitrogens is 1. The van der Waals surface area contributed by atoms with E-state index in [2.05, 4.69) is 4.98 Å². The third-order valence-corrected chi connectivity index (χ3v) is 3.53. The van der Waals surface area contributed by atoms with Crippen molar-refractivity contribution in [3.63, 3.8) is 0 Å². The van der Waals surface area contributed by atoms with Crippen LogP contribution in [0.3, 0.4) is 0 Å². The van der Waals surface area contributed by atoms with Crippen LogP contribution >= 0.6 is 11.6 Å². The summed E-state index contributed by atoms with van der Waals surface area (Å²) in [6.07, 6.45) is 1.64. The van der Waals surface area contributed by atoms with Gasteiger partial charge < -0.3 is 10.1 Å². The SMILES string of the molecule is CC(=O)N1C(=O)C(=C(O)c2ccc[nH]2)c2ccc(Cl)cc21. The smallest absolute Gasteiger partial charge is 0.269 e. The third kappa shape index (κ3) is 2.02. The van der Waals surface area contributed by atoms with Gasteiger partial charge >= 0.3 is 0 Å². The van der Waals surface area contributed by atoms with Crippen LogP contribution in [0, 0.1) is 0 Å². The highest BCUT2D eigenvalue weighted by atomic mass is 35.5. The highest BCUT2D eigenvalue weighted by Crippen LogP contribution is 2.41. The highest BCUT2D eigenvalue weighted by molar-refractivity contribution is 6.43. The molecule has 3 rings (SSSR count). The molecule has 0 saturated heterocycles. The molecular weight excluding hydrogens is 292 g/mol. The van der Waals surface area contributed by atoms with E-state index in [1.54, 1.807) is 30.5 Å². The molecule has 0 fully saturated rings. The molecule has 6 heteroatoms. The molecule has 2 amide bonds. The van der Waals surface area contributed by atoms with E-state index in [0.29, 0.717) is 22.0 Å². The number of hydrogen-bond acceptors (Lipinski definition) is 3. The van der Waals surface area contributed by atoms with E-state index >= 15 is 0 Å². The van der Waals surface area contributed by atoms with Crippen LogP contribution in [0.2, 0.25) is 5.02 Å². The van der Waals surface area contributed by atoms with Crippen LogP contribution in [0.15, 0.2) is 36.5 Å². The number of anilines is 1. The molecule has 2 N–H and O–H groups in total. The number of aliphatic hydroxyl groups excluding tert-OH is 1. The molecule has 0 atom stereocenters. The second kappa shape index (κ2) is 4.79. The fourth-order valence-electron chi connectivity index (χ4n) is 2.39. The lowest BCUT2D eigenvalue weighted by molar-refractivity contribution is -0.122. The van der Waals surface area contributed by atoms with Crippen molar-refractivity contribution in [1.82, 2.24) is 4.98 Å². The van der Waals surface area contributed by atoms with Crippen LogP contribution in [0.5, 0.6) is 0 Å². The van der Waals surface area contributed by atoms with Crippen LogP contribution < -0.4 is 4.90 Å². The largest absolute Gasteiger partial charge is 0.505 e. The Balaban J connectivity index is 2.28. The van der Waals surface area contributed by atoms with E-state index in [4.69, 9.17) is 11.6 Å². The molecule has 1 aromatic heterocycles. The van der Waals surface area contributed by atoms with Gasteiger partial charge in [0.25, 0.3) is 5.91 Å². The first-order chi connectivity index (χ1) is 10.0. The summed E-state index contributed by atoms with van der Waals surface area (Å²) in [6, 6.07) is 8.11. The minimum absolute atomic E-state index is 0.0827. The molecule has 0 spiro atoms. The number of hydrogen-bond donors (Lipinski definition) is 2. The standard InChI is InChI=1S/C15H11ClN2O3/c1-8(19)18-12-7-9(16)4-5-10(12)13(15(18)21)14(20)11-3-2-6-17-11/h2-7,17,20H,1H3. The van der Waals surface area contributed by atoms with Crippen molar-refractivity contribution in [2.24, 2.45) is 0 Å². The van der Waals surface area contributed by atoms with Crippen molar-refractivity contribution in [1.29, 1.82) is 0 Å². The molecule has 2 aromatic rings. The summed E-state index contributed by atoms with van der Waals surface area (Å²) in [5, 5.41) is 10.8. The number of rotatable bonds is 1. The predicted octanol–water partition coefficient (Wildman–Crippen LogP) is 2.99. The lowest BCUT2D eigenvalue weighted by atomic mass is 10.0. The minimum Gasteiger partial charge on any atom is -0.505 e. The molecule has 5 nitrogen and oxygen atoms in total. The first-order valence-corrected chi connectivity index (χ1v) is 6.60. The molecule has 0 bridgehead atoms. The van der Waals surface area contributed by atoms with Gasteiger partial charge in [-0.05, 0) is 24.3 Å². The van der Waals surface area contributed by atoms with Crippen LogP contribution in [0.4, 0.5) is 5.69 Å². The zero-order valence-corrected chi connectivity index (χ0v) is 11.8. The number of aromatic amines is 1. The van der Waals surface area contributed by atoms with Crippen LogP contribution in [0.25, 0.3) is 11.3 Å². The number of aromatic nitrogens is 1.